The van der Waals surface area contributed by atoms with Crippen LogP contribution < -0.4 is 5.73 Å². The summed E-state index contributed by atoms with van der Waals surface area (Å²) in [6.45, 7) is 5.19. The SMILES string of the molecule is CCc1ccc(CCN(C)CCCN)cc1. The van der Waals surface area contributed by atoms with Crippen LogP contribution in [0.2, 0.25) is 0 Å². The topological polar surface area (TPSA) is 29.3 Å². The molecule has 0 aromatic heterocycles. The van der Waals surface area contributed by atoms with E-state index in [0.717, 1.165) is 38.9 Å². The largest absolute Gasteiger partial charge is 0.330 e. The summed E-state index contributed by atoms with van der Waals surface area (Å²) >= 11 is 0. The normalized spacial score (nSPS) is 11.0. The van der Waals surface area contributed by atoms with Crippen LogP contribution in [0.5, 0.6) is 0 Å². The molecule has 1 rings (SSSR count). The lowest BCUT2D eigenvalue weighted by Crippen LogP contribution is -2.24. The minimum atomic E-state index is 0.787. The molecule has 0 radical (unpaired) electrons. The maximum absolute atomic E-state index is 5.49. The summed E-state index contributed by atoms with van der Waals surface area (Å²) in [7, 11) is 2.16. The molecule has 2 nitrogen and oxygen atoms in total. The zero-order chi connectivity index (χ0) is 11.8. The predicted molar refractivity (Wildman–Crippen MR) is 70.7 cm³/mol. The van der Waals surface area contributed by atoms with Gasteiger partial charge in [0.15, 0.2) is 0 Å². The van der Waals surface area contributed by atoms with Gasteiger partial charge in [0.1, 0.15) is 0 Å². The molecule has 0 bridgehead atoms. The van der Waals surface area contributed by atoms with Crippen molar-refractivity contribution in [2.75, 3.05) is 26.7 Å². The van der Waals surface area contributed by atoms with Crippen LogP contribution in [0, 0.1) is 0 Å². The van der Waals surface area contributed by atoms with Gasteiger partial charge in [0.2, 0.25) is 0 Å². The van der Waals surface area contributed by atoms with Crippen LogP contribution in [0.4, 0.5) is 0 Å². The average Bonchev–Trinajstić information content (AvgIpc) is 2.34. The molecule has 0 aliphatic rings. The molecule has 0 saturated carbocycles. The highest BCUT2D eigenvalue weighted by atomic mass is 15.1. The van der Waals surface area contributed by atoms with Crippen LogP contribution in [-0.2, 0) is 12.8 Å². The summed E-state index contributed by atoms with van der Waals surface area (Å²) < 4.78 is 0. The molecular formula is C14H24N2. The lowest BCUT2D eigenvalue weighted by molar-refractivity contribution is 0.335. The molecule has 90 valence electrons. The van der Waals surface area contributed by atoms with Gasteiger partial charge in [0, 0.05) is 6.54 Å². The van der Waals surface area contributed by atoms with Crippen molar-refractivity contribution in [3.63, 3.8) is 0 Å². The Balaban J connectivity index is 2.30. The number of hydrogen-bond acceptors (Lipinski definition) is 2. The molecule has 0 fully saturated rings. The molecule has 1 aromatic carbocycles. The number of hydrogen-bond donors (Lipinski definition) is 1. The minimum absolute atomic E-state index is 0.787. The second-order valence-electron chi connectivity index (χ2n) is 4.37. The lowest BCUT2D eigenvalue weighted by Gasteiger charge is -2.15. The van der Waals surface area contributed by atoms with Crippen molar-refractivity contribution in [1.82, 2.24) is 4.90 Å². The van der Waals surface area contributed by atoms with Gasteiger partial charge in [-0.2, -0.15) is 0 Å². The minimum Gasteiger partial charge on any atom is -0.330 e. The van der Waals surface area contributed by atoms with Gasteiger partial charge < -0.3 is 10.6 Å². The van der Waals surface area contributed by atoms with Crippen LogP contribution in [0.25, 0.3) is 0 Å². The molecule has 0 spiro atoms. The van der Waals surface area contributed by atoms with Crippen LogP contribution in [0.3, 0.4) is 0 Å². The van der Waals surface area contributed by atoms with Gasteiger partial charge in [0.25, 0.3) is 0 Å². The third-order valence-electron chi connectivity index (χ3n) is 2.96. The van der Waals surface area contributed by atoms with Gasteiger partial charge in [-0.05, 0) is 50.5 Å². The number of likely N-dealkylation sites (N-methyl/N-ethyl adjacent to an activating group) is 1. The van der Waals surface area contributed by atoms with Gasteiger partial charge in [-0.25, -0.2) is 0 Å². The Labute approximate surface area is 99.5 Å². The summed E-state index contributed by atoms with van der Waals surface area (Å²) in [5.41, 5.74) is 8.33. The van der Waals surface area contributed by atoms with E-state index in [1.165, 1.54) is 11.1 Å². The van der Waals surface area contributed by atoms with Crippen LogP contribution in [-0.4, -0.2) is 31.6 Å². The fourth-order valence-corrected chi connectivity index (χ4v) is 1.73. The van der Waals surface area contributed by atoms with Crippen molar-refractivity contribution >= 4 is 0 Å². The second kappa shape index (κ2) is 7.42. The molecule has 16 heavy (non-hydrogen) atoms. The van der Waals surface area contributed by atoms with Gasteiger partial charge in [-0.1, -0.05) is 31.2 Å². The fraction of sp³-hybridized carbons (Fsp3) is 0.571. The van der Waals surface area contributed by atoms with E-state index in [1.807, 2.05) is 0 Å². The highest BCUT2D eigenvalue weighted by Crippen LogP contribution is 2.06. The van der Waals surface area contributed by atoms with Crippen molar-refractivity contribution in [1.29, 1.82) is 0 Å². The highest BCUT2D eigenvalue weighted by Gasteiger charge is 1.99. The Kier molecular flexibility index (Phi) is 6.12. The third kappa shape index (κ3) is 4.77. The zero-order valence-electron chi connectivity index (χ0n) is 10.6. The van der Waals surface area contributed by atoms with E-state index in [-0.39, 0.29) is 0 Å². The zero-order valence-corrected chi connectivity index (χ0v) is 10.6. The quantitative estimate of drug-likeness (QED) is 0.762. The third-order valence-corrected chi connectivity index (χ3v) is 2.96. The first-order valence-corrected chi connectivity index (χ1v) is 6.22. The Bertz CT molecular complexity index is 279. The Hall–Kier alpha value is -0.860. The van der Waals surface area contributed by atoms with E-state index in [1.54, 1.807) is 0 Å². The average molecular weight is 220 g/mol. The van der Waals surface area contributed by atoms with E-state index in [0.29, 0.717) is 0 Å². The van der Waals surface area contributed by atoms with Crippen LogP contribution in [0.1, 0.15) is 24.5 Å². The van der Waals surface area contributed by atoms with Gasteiger partial charge >= 0.3 is 0 Å². The van der Waals surface area contributed by atoms with Crippen LogP contribution in [0.15, 0.2) is 24.3 Å². The predicted octanol–water partition coefficient (Wildman–Crippen LogP) is 2.07. The molecule has 0 aliphatic carbocycles. The van der Waals surface area contributed by atoms with Gasteiger partial charge in [-0.3, -0.25) is 0 Å². The molecule has 1 aromatic rings. The number of nitrogens with two attached hydrogens (primary N) is 1. The number of benzene rings is 1. The van der Waals surface area contributed by atoms with Gasteiger partial charge in [-0.15, -0.1) is 0 Å². The summed E-state index contributed by atoms with van der Waals surface area (Å²) in [5.74, 6) is 0. The van der Waals surface area contributed by atoms with Crippen molar-refractivity contribution in [2.24, 2.45) is 5.73 Å². The Morgan fingerprint density at radius 3 is 2.25 bits per heavy atom. The number of aryl methyl sites for hydroxylation is 1. The fourth-order valence-electron chi connectivity index (χ4n) is 1.73. The second-order valence-corrected chi connectivity index (χ2v) is 4.37. The monoisotopic (exact) mass is 220 g/mol. The van der Waals surface area contributed by atoms with Crippen molar-refractivity contribution in [3.05, 3.63) is 35.4 Å². The molecular weight excluding hydrogens is 196 g/mol. The molecule has 0 unspecified atom stereocenters. The summed E-state index contributed by atoms with van der Waals surface area (Å²) in [4.78, 5) is 2.35. The van der Waals surface area contributed by atoms with E-state index in [4.69, 9.17) is 5.73 Å². The van der Waals surface area contributed by atoms with Crippen molar-refractivity contribution in [2.45, 2.75) is 26.2 Å². The number of nitrogens with zero attached hydrogens (tertiary/aromatic N) is 1. The van der Waals surface area contributed by atoms with E-state index < -0.39 is 0 Å². The molecule has 0 heterocycles. The van der Waals surface area contributed by atoms with Crippen molar-refractivity contribution in [3.8, 4) is 0 Å². The molecule has 2 N–H and O–H groups in total. The maximum Gasteiger partial charge on any atom is 0.00188 e. The Morgan fingerprint density at radius 2 is 1.69 bits per heavy atom. The maximum atomic E-state index is 5.49. The Morgan fingerprint density at radius 1 is 1.06 bits per heavy atom. The first kappa shape index (κ1) is 13.2. The number of rotatable bonds is 7. The molecule has 0 aliphatic heterocycles. The van der Waals surface area contributed by atoms with E-state index >= 15 is 0 Å². The molecule has 0 amide bonds. The van der Waals surface area contributed by atoms with E-state index in [2.05, 4.69) is 43.1 Å². The smallest absolute Gasteiger partial charge is 0.00188 e. The van der Waals surface area contributed by atoms with Crippen molar-refractivity contribution < 1.29 is 0 Å². The highest BCUT2D eigenvalue weighted by molar-refractivity contribution is 5.22. The van der Waals surface area contributed by atoms with Crippen LogP contribution >= 0.6 is 0 Å². The summed E-state index contributed by atoms with van der Waals surface area (Å²) in [6, 6.07) is 8.95. The first-order valence-electron chi connectivity index (χ1n) is 6.22. The summed E-state index contributed by atoms with van der Waals surface area (Å²) in [6.07, 6.45) is 3.34. The van der Waals surface area contributed by atoms with Gasteiger partial charge in [0.05, 0.1) is 0 Å². The first-order chi connectivity index (χ1) is 7.76. The molecule has 2 heteroatoms. The molecule has 0 saturated heterocycles. The molecule has 0 atom stereocenters. The standard InChI is InChI=1S/C14H24N2/c1-3-13-5-7-14(8-6-13)9-12-16(2)11-4-10-15/h5-8H,3-4,9-12,15H2,1-2H3. The summed E-state index contributed by atoms with van der Waals surface area (Å²) in [5, 5.41) is 0. The lowest BCUT2D eigenvalue weighted by atomic mass is 10.1. The van der Waals surface area contributed by atoms with E-state index in [9.17, 15) is 0 Å².